The van der Waals surface area contributed by atoms with E-state index in [4.69, 9.17) is 22.9 Å². The molecule has 8 N–H and O–H groups in total. The molecule has 0 bridgehead atoms. The number of hydrogen-bond acceptors (Lipinski definition) is 4. The highest BCUT2D eigenvalue weighted by molar-refractivity contribution is 5.85. The molecule has 0 atom stereocenters. The lowest BCUT2D eigenvalue weighted by Crippen LogP contribution is -2.21. The Morgan fingerprint density at radius 2 is 1.05 bits per heavy atom. The van der Waals surface area contributed by atoms with Crippen LogP contribution >= 0.6 is 12.4 Å². The van der Waals surface area contributed by atoms with Crippen LogP contribution in [0.2, 0.25) is 0 Å². The average Bonchev–Trinajstić information content (AvgIpc) is 2.30. The number of halogens is 1. The van der Waals surface area contributed by atoms with Crippen molar-refractivity contribution in [3.63, 3.8) is 0 Å². The molecule has 0 heterocycles. The van der Waals surface area contributed by atoms with Crippen molar-refractivity contribution >= 4 is 36.8 Å². The first kappa shape index (κ1) is 16.4. The van der Waals surface area contributed by atoms with Gasteiger partial charge in [0, 0.05) is 0 Å². The molecule has 19 heavy (non-hydrogen) atoms. The van der Waals surface area contributed by atoms with Gasteiger partial charge in [-0.05, 0) is 11.1 Å². The standard InChI is InChI=1S/C10H14N8.ClH/c11-9(12)17-15-5-7-1-2-8(4-3-7)6-16-18-10(13)14;/h1-6H,(H4,11,12,17)(H4,13,14,18);1H. The number of guanidine groups is 2. The molecule has 0 aliphatic carbocycles. The lowest BCUT2D eigenvalue weighted by atomic mass is 10.2. The molecule has 9 heteroatoms. The summed E-state index contributed by atoms with van der Waals surface area (Å²) >= 11 is 0. The Labute approximate surface area is 116 Å². The number of nitrogens with zero attached hydrogens (tertiary/aromatic N) is 4. The summed E-state index contributed by atoms with van der Waals surface area (Å²) in [6.07, 6.45) is 3.05. The van der Waals surface area contributed by atoms with Gasteiger partial charge in [0.15, 0.2) is 0 Å². The zero-order valence-corrected chi connectivity index (χ0v) is 10.8. The van der Waals surface area contributed by atoms with Crippen molar-refractivity contribution in [2.24, 2.45) is 43.3 Å². The lowest BCUT2D eigenvalue weighted by Gasteiger charge is -1.93. The first-order chi connectivity index (χ1) is 8.58. The Kier molecular flexibility index (Phi) is 7.31. The lowest BCUT2D eigenvalue weighted by molar-refractivity contribution is 1.21. The monoisotopic (exact) mass is 282 g/mol. The van der Waals surface area contributed by atoms with Crippen LogP contribution in [0.4, 0.5) is 0 Å². The molecule has 0 aliphatic heterocycles. The molecular weight excluding hydrogens is 268 g/mol. The van der Waals surface area contributed by atoms with Gasteiger partial charge in [0.25, 0.3) is 0 Å². The molecular formula is C10H15ClN8. The smallest absolute Gasteiger partial charge is 0.211 e. The number of hydrogen-bond donors (Lipinski definition) is 4. The molecule has 1 aromatic carbocycles. The Balaban J connectivity index is 0.00000324. The number of benzene rings is 1. The van der Waals surface area contributed by atoms with Gasteiger partial charge in [0.2, 0.25) is 11.9 Å². The summed E-state index contributed by atoms with van der Waals surface area (Å²) in [5.41, 5.74) is 22.2. The second kappa shape index (κ2) is 8.48. The fraction of sp³-hybridized carbons (Fsp3) is 0. The van der Waals surface area contributed by atoms with Crippen LogP contribution in [-0.2, 0) is 0 Å². The minimum atomic E-state index is -0.0905. The number of nitrogens with two attached hydrogens (primary N) is 4. The summed E-state index contributed by atoms with van der Waals surface area (Å²) in [5, 5.41) is 14.3. The van der Waals surface area contributed by atoms with E-state index in [0.29, 0.717) is 0 Å². The van der Waals surface area contributed by atoms with Crippen LogP contribution in [0.15, 0.2) is 44.7 Å². The van der Waals surface area contributed by atoms with Gasteiger partial charge in [0.05, 0.1) is 12.4 Å². The zero-order valence-electron chi connectivity index (χ0n) is 9.97. The van der Waals surface area contributed by atoms with Gasteiger partial charge < -0.3 is 22.9 Å². The predicted molar refractivity (Wildman–Crippen MR) is 80.5 cm³/mol. The molecule has 0 saturated carbocycles. The Morgan fingerprint density at radius 3 is 1.32 bits per heavy atom. The molecule has 0 spiro atoms. The van der Waals surface area contributed by atoms with E-state index in [9.17, 15) is 0 Å². The van der Waals surface area contributed by atoms with Gasteiger partial charge in [-0.1, -0.05) is 24.3 Å². The largest absolute Gasteiger partial charge is 0.369 e. The molecule has 0 fully saturated rings. The molecule has 0 amide bonds. The molecule has 8 nitrogen and oxygen atoms in total. The van der Waals surface area contributed by atoms with Gasteiger partial charge in [-0.25, -0.2) is 0 Å². The van der Waals surface area contributed by atoms with Crippen molar-refractivity contribution in [3.8, 4) is 0 Å². The molecule has 0 aromatic heterocycles. The SMILES string of the molecule is Cl.NC(N)=NN=Cc1ccc(C=NN=C(N)N)cc1. The second-order valence-electron chi connectivity index (χ2n) is 3.21. The summed E-state index contributed by atoms with van der Waals surface area (Å²) < 4.78 is 0. The van der Waals surface area contributed by atoms with Gasteiger partial charge in [-0.3, -0.25) is 0 Å². The second-order valence-corrected chi connectivity index (χ2v) is 3.21. The van der Waals surface area contributed by atoms with Crippen molar-refractivity contribution in [2.45, 2.75) is 0 Å². The van der Waals surface area contributed by atoms with E-state index in [1.54, 1.807) is 0 Å². The third-order valence-electron chi connectivity index (χ3n) is 1.70. The first-order valence-electron chi connectivity index (χ1n) is 4.92. The third kappa shape index (κ3) is 7.34. The fourth-order valence-electron chi connectivity index (χ4n) is 0.993. The summed E-state index contributed by atoms with van der Waals surface area (Å²) in [6.45, 7) is 0. The van der Waals surface area contributed by atoms with E-state index in [0.717, 1.165) is 11.1 Å². The Morgan fingerprint density at radius 1 is 0.737 bits per heavy atom. The summed E-state index contributed by atoms with van der Waals surface area (Å²) in [7, 11) is 0. The third-order valence-corrected chi connectivity index (χ3v) is 1.70. The Bertz CT molecular complexity index is 448. The normalized spacial score (nSPS) is 10.1. The van der Waals surface area contributed by atoms with Crippen LogP contribution in [0, 0.1) is 0 Å². The highest BCUT2D eigenvalue weighted by atomic mass is 35.5. The molecule has 102 valence electrons. The molecule has 0 radical (unpaired) electrons. The van der Waals surface area contributed by atoms with Gasteiger partial charge in [0.1, 0.15) is 0 Å². The van der Waals surface area contributed by atoms with Crippen LogP contribution < -0.4 is 22.9 Å². The van der Waals surface area contributed by atoms with Gasteiger partial charge in [-0.15, -0.1) is 22.6 Å². The van der Waals surface area contributed by atoms with E-state index in [1.165, 1.54) is 12.4 Å². The van der Waals surface area contributed by atoms with E-state index >= 15 is 0 Å². The maximum absolute atomic E-state index is 5.12. The van der Waals surface area contributed by atoms with E-state index in [-0.39, 0.29) is 24.3 Å². The highest BCUT2D eigenvalue weighted by Gasteiger charge is 1.89. The molecule has 1 aromatic rings. The average molecular weight is 283 g/mol. The quantitative estimate of drug-likeness (QED) is 0.328. The number of rotatable bonds is 4. The van der Waals surface area contributed by atoms with E-state index in [2.05, 4.69) is 20.4 Å². The molecule has 0 unspecified atom stereocenters. The minimum Gasteiger partial charge on any atom is -0.369 e. The van der Waals surface area contributed by atoms with E-state index < -0.39 is 0 Å². The van der Waals surface area contributed by atoms with Crippen LogP contribution in [0.3, 0.4) is 0 Å². The molecule has 0 aliphatic rings. The van der Waals surface area contributed by atoms with Crippen molar-refractivity contribution in [1.29, 1.82) is 0 Å². The highest BCUT2D eigenvalue weighted by Crippen LogP contribution is 2.00. The molecule has 1 rings (SSSR count). The summed E-state index contributed by atoms with van der Waals surface area (Å²) in [6, 6.07) is 7.29. The maximum Gasteiger partial charge on any atom is 0.211 e. The predicted octanol–water partition coefficient (Wildman–Crippen LogP) is -0.677. The van der Waals surface area contributed by atoms with Crippen LogP contribution in [0.25, 0.3) is 0 Å². The van der Waals surface area contributed by atoms with Crippen molar-refractivity contribution in [1.82, 2.24) is 0 Å². The minimum absolute atomic E-state index is 0. The van der Waals surface area contributed by atoms with Gasteiger partial charge in [-0.2, -0.15) is 10.2 Å². The van der Waals surface area contributed by atoms with Crippen LogP contribution in [-0.4, -0.2) is 24.3 Å². The van der Waals surface area contributed by atoms with Crippen LogP contribution in [0.1, 0.15) is 11.1 Å². The summed E-state index contributed by atoms with van der Waals surface area (Å²) in [4.78, 5) is 0. The fourth-order valence-corrected chi connectivity index (χ4v) is 0.993. The van der Waals surface area contributed by atoms with Gasteiger partial charge >= 0.3 is 0 Å². The first-order valence-corrected chi connectivity index (χ1v) is 4.92. The zero-order chi connectivity index (χ0) is 13.4. The topological polar surface area (TPSA) is 154 Å². The van der Waals surface area contributed by atoms with Crippen LogP contribution in [0.5, 0.6) is 0 Å². The van der Waals surface area contributed by atoms with Crippen molar-refractivity contribution in [2.75, 3.05) is 0 Å². The van der Waals surface area contributed by atoms with Crippen molar-refractivity contribution < 1.29 is 0 Å². The molecule has 0 saturated heterocycles. The Hall–Kier alpha value is -2.61. The van der Waals surface area contributed by atoms with Crippen molar-refractivity contribution in [3.05, 3.63) is 35.4 Å². The summed E-state index contributed by atoms with van der Waals surface area (Å²) in [5.74, 6) is -0.181. The van der Waals surface area contributed by atoms with E-state index in [1.807, 2.05) is 24.3 Å². The maximum atomic E-state index is 5.12.